The zero-order chi connectivity index (χ0) is 20.2. The van der Waals surface area contributed by atoms with E-state index in [0.29, 0.717) is 12.2 Å². The predicted molar refractivity (Wildman–Crippen MR) is 114 cm³/mol. The highest BCUT2D eigenvalue weighted by Gasteiger charge is 2.33. The summed E-state index contributed by atoms with van der Waals surface area (Å²) in [6.07, 6.45) is 17.4. The van der Waals surface area contributed by atoms with Crippen molar-refractivity contribution in [2.75, 3.05) is 6.61 Å². The standard InChI is InChI=1S/C26H38F2O/c1-2-29-24-16-15-23(25(27)26(24)28)22-13-11-21(12-14-22)20-9-7-19(8-10-20)17-18-5-3-4-6-18/h15-16,18-22H,2-14,17H2,1H3. The van der Waals surface area contributed by atoms with E-state index in [1.807, 2.05) is 0 Å². The Morgan fingerprint density at radius 2 is 1.34 bits per heavy atom. The Hall–Kier alpha value is -1.12. The van der Waals surface area contributed by atoms with Gasteiger partial charge in [-0.3, -0.25) is 0 Å². The average molecular weight is 405 g/mol. The molecule has 162 valence electrons. The highest BCUT2D eigenvalue weighted by atomic mass is 19.2. The van der Waals surface area contributed by atoms with Crippen LogP contribution in [0.2, 0.25) is 0 Å². The number of ether oxygens (including phenoxy) is 1. The third-order valence-corrected chi connectivity index (χ3v) is 8.29. The van der Waals surface area contributed by atoms with E-state index in [-0.39, 0.29) is 11.7 Å². The van der Waals surface area contributed by atoms with Crippen molar-refractivity contribution in [3.05, 3.63) is 29.3 Å². The third kappa shape index (κ3) is 4.97. The van der Waals surface area contributed by atoms with E-state index in [9.17, 15) is 8.78 Å². The summed E-state index contributed by atoms with van der Waals surface area (Å²) in [6.45, 7) is 2.14. The Morgan fingerprint density at radius 1 is 0.759 bits per heavy atom. The molecule has 1 aromatic rings. The fourth-order valence-corrected chi connectivity index (χ4v) is 6.64. The minimum atomic E-state index is -0.813. The van der Waals surface area contributed by atoms with Crippen LogP contribution < -0.4 is 4.74 Å². The summed E-state index contributed by atoms with van der Waals surface area (Å²) in [5, 5.41) is 0. The molecular weight excluding hydrogens is 366 g/mol. The Kier molecular flexibility index (Phi) is 7.13. The minimum Gasteiger partial charge on any atom is -0.491 e. The maximum atomic E-state index is 14.6. The summed E-state index contributed by atoms with van der Waals surface area (Å²) in [5.41, 5.74) is 0.560. The van der Waals surface area contributed by atoms with Crippen LogP contribution in [0.15, 0.2) is 12.1 Å². The molecule has 3 heteroatoms. The van der Waals surface area contributed by atoms with Gasteiger partial charge in [0.05, 0.1) is 6.61 Å². The Morgan fingerprint density at radius 3 is 1.97 bits per heavy atom. The summed E-state index contributed by atoms with van der Waals surface area (Å²) in [6, 6.07) is 3.36. The molecule has 0 amide bonds. The van der Waals surface area contributed by atoms with Gasteiger partial charge in [-0.15, -0.1) is 0 Å². The maximum Gasteiger partial charge on any atom is 0.200 e. The largest absolute Gasteiger partial charge is 0.491 e. The van der Waals surface area contributed by atoms with Crippen LogP contribution in [0, 0.1) is 35.3 Å². The number of rotatable bonds is 6. The molecule has 0 spiro atoms. The predicted octanol–water partition coefficient (Wildman–Crippen LogP) is 8.02. The molecule has 0 N–H and O–H groups in total. The smallest absolute Gasteiger partial charge is 0.200 e. The normalized spacial score (nSPS) is 31.1. The van der Waals surface area contributed by atoms with Crippen LogP contribution >= 0.6 is 0 Å². The second kappa shape index (κ2) is 9.79. The molecule has 1 nitrogen and oxygen atoms in total. The van der Waals surface area contributed by atoms with Gasteiger partial charge in [-0.25, -0.2) is 4.39 Å². The van der Waals surface area contributed by atoms with E-state index < -0.39 is 11.6 Å². The van der Waals surface area contributed by atoms with Gasteiger partial charge in [-0.05, 0) is 93.1 Å². The lowest BCUT2D eigenvalue weighted by atomic mass is 9.67. The van der Waals surface area contributed by atoms with Gasteiger partial charge >= 0.3 is 0 Å². The van der Waals surface area contributed by atoms with Crippen molar-refractivity contribution in [3.8, 4) is 5.75 Å². The topological polar surface area (TPSA) is 9.23 Å². The Bertz CT molecular complexity index is 651. The third-order valence-electron chi connectivity index (χ3n) is 8.29. The minimum absolute atomic E-state index is 0.0387. The van der Waals surface area contributed by atoms with Crippen molar-refractivity contribution in [2.24, 2.45) is 23.7 Å². The average Bonchev–Trinajstić information content (AvgIpc) is 3.26. The van der Waals surface area contributed by atoms with E-state index in [0.717, 1.165) is 36.5 Å². The molecule has 3 aliphatic rings. The van der Waals surface area contributed by atoms with Crippen molar-refractivity contribution < 1.29 is 13.5 Å². The molecule has 0 aromatic heterocycles. The molecular formula is C26H38F2O. The first kappa shape index (κ1) is 21.1. The maximum absolute atomic E-state index is 14.6. The van der Waals surface area contributed by atoms with Gasteiger partial charge in [-0.2, -0.15) is 4.39 Å². The second-order valence-corrected chi connectivity index (χ2v) is 9.99. The molecule has 3 aliphatic carbocycles. The molecule has 3 fully saturated rings. The van der Waals surface area contributed by atoms with Crippen LogP contribution in [0.5, 0.6) is 5.75 Å². The summed E-state index contributed by atoms with van der Waals surface area (Å²) in [5.74, 6) is 2.38. The molecule has 4 rings (SSSR count). The zero-order valence-corrected chi connectivity index (χ0v) is 18.1. The first-order valence-corrected chi connectivity index (χ1v) is 12.3. The van der Waals surface area contributed by atoms with E-state index in [1.165, 1.54) is 70.6 Å². The number of halogens is 2. The highest BCUT2D eigenvalue weighted by Crippen LogP contribution is 2.46. The monoisotopic (exact) mass is 404 g/mol. The van der Waals surface area contributed by atoms with E-state index in [1.54, 1.807) is 19.1 Å². The summed E-state index contributed by atoms with van der Waals surface area (Å²) in [4.78, 5) is 0. The molecule has 0 unspecified atom stereocenters. The fraction of sp³-hybridized carbons (Fsp3) is 0.769. The van der Waals surface area contributed by atoms with Crippen LogP contribution in [0.4, 0.5) is 8.78 Å². The van der Waals surface area contributed by atoms with Crippen molar-refractivity contribution >= 4 is 0 Å². The van der Waals surface area contributed by atoms with Crippen LogP contribution in [0.1, 0.15) is 102 Å². The van der Waals surface area contributed by atoms with Gasteiger partial charge in [0, 0.05) is 0 Å². The molecule has 0 radical (unpaired) electrons. The summed E-state index contributed by atoms with van der Waals surface area (Å²) >= 11 is 0. The molecule has 0 bridgehead atoms. The van der Waals surface area contributed by atoms with Gasteiger partial charge in [0.1, 0.15) is 0 Å². The highest BCUT2D eigenvalue weighted by molar-refractivity contribution is 5.33. The second-order valence-electron chi connectivity index (χ2n) is 9.99. The van der Waals surface area contributed by atoms with E-state index in [2.05, 4.69) is 0 Å². The quantitative estimate of drug-likeness (QED) is 0.466. The van der Waals surface area contributed by atoms with Crippen molar-refractivity contribution in [2.45, 2.75) is 96.3 Å². The molecule has 1 aromatic carbocycles. The molecule has 0 heterocycles. The molecule has 0 aliphatic heterocycles. The number of benzene rings is 1. The first-order valence-electron chi connectivity index (χ1n) is 12.3. The van der Waals surface area contributed by atoms with Crippen LogP contribution in [0.3, 0.4) is 0 Å². The first-order chi connectivity index (χ1) is 14.2. The van der Waals surface area contributed by atoms with Gasteiger partial charge in [0.25, 0.3) is 0 Å². The Labute approximate surface area is 175 Å². The van der Waals surface area contributed by atoms with Crippen molar-refractivity contribution in [1.29, 1.82) is 0 Å². The van der Waals surface area contributed by atoms with E-state index in [4.69, 9.17) is 4.74 Å². The van der Waals surface area contributed by atoms with Crippen molar-refractivity contribution in [3.63, 3.8) is 0 Å². The Balaban J connectivity index is 1.26. The molecule has 3 saturated carbocycles. The van der Waals surface area contributed by atoms with Crippen LogP contribution in [-0.2, 0) is 0 Å². The number of hydrogen-bond donors (Lipinski definition) is 0. The zero-order valence-electron chi connectivity index (χ0n) is 18.1. The lowest BCUT2D eigenvalue weighted by molar-refractivity contribution is 0.148. The van der Waals surface area contributed by atoms with Crippen LogP contribution in [0.25, 0.3) is 0 Å². The summed E-state index contributed by atoms with van der Waals surface area (Å²) in [7, 11) is 0. The lowest BCUT2D eigenvalue weighted by Gasteiger charge is -2.38. The lowest BCUT2D eigenvalue weighted by Crippen LogP contribution is -2.26. The SMILES string of the molecule is CCOc1ccc(C2CCC(C3CCC(CC4CCCC4)CC3)CC2)c(F)c1F. The fourth-order valence-electron chi connectivity index (χ4n) is 6.64. The van der Waals surface area contributed by atoms with Crippen LogP contribution in [-0.4, -0.2) is 6.61 Å². The van der Waals surface area contributed by atoms with Gasteiger partial charge < -0.3 is 4.74 Å². The van der Waals surface area contributed by atoms with Gasteiger partial charge in [-0.1, -0.05) is 44.6 Å². The number of hydrogen-bond acceptors (Lipinski definition) is 1. The van der Waals surface area contributed by atoms with Gasteiger partial charge in [0.15, 0.2) is 11.6 Å². The summed E-state index contributed by atoms with van der Waals surface area (Å²) < 4.78 is 34.0. The molecule has 29 heavy (non-hydrogen) atoms. The van der Waals surface area contributed by atoms with E-state index >= 15 is 0 Å². The molecule has 0 saturated heterocycles. The molecule has 0 atom stereocenters. The van der Waals surface area contributed by atoms with Gasteiger partial charge in [0.2, 0.25) is 5.82 Å². The van der Waals surface area contributed by atoms with Crippen molar-refractivity contribution in [1.82, 2.24) is 0 Å².